The van der Waals surface area contributed by atoms with Crippen molar-refractivity contribution in [2.75, 3.05) is 26.2 Å². The minimum atomic E-state index is -0.231. The number of amides is 1. The first-order chi connectivity index (χ1) is 6.74. The van der Waals surface area contributed by atoms with Crippen molar-refractivity contribution in [3.05, 3.63) is 0 Å². The van der Waals surface area contributed by atoms with E-state index < -0.39 is 0 Å². The highest BCUT2D eigenvalue weighted by Crippen LogP contribution is 2.08. The Morgan fingerprint density at radius 2 is 2.14 bits per heavy atom. The van der Waals surface area contributed by atoms with E-state index in [4.69, 9.17) is 5.73 Å². The van der Waals surface area contributed by atoms with Gasteiger partial charge in [-0.3, -0.25) is 4.79 Å². The number of carbonyl (C=O) groups excluding carboxylic acids is 1. The van der Waals surface area contributed by atoms with Gasteiger partial charge in [0.15, 0.2) is 0 Å². The first kappa shape index (κ1) is 11.5. The minimum Gasteiger partial charge on any atom is -0.368 e. The van der Waals surface area contributed by atoms with E-state index in [-0.39, 0.29) is 11.9 Å². The second kappa shape index (κ2) is 5.98. The van der Waals surface area contributed by atoms with Gasteiger partial charge in [-0.1, -0.05) is 6.92 Å². The third kappa shape index (κ3) is 3.64. The van der Waals surface area contributed by atoms with E-state index in [9.17, 15) is 4.79 Å². The van der Waals surface area contributed by atoms with Gasteiger partial charge in [0.1, 0.15) is 0 Å². The number of hydrogen-bond acceptors (Lipinski definition) is 3. The number of likely N-dealkylation sites (tertiary alicyclic amines) is 1. The number of nitrogens with one attached hydrogen (secondary N) is 1. The molecule has 1 atom stereocenters. The topological polar surface area (TPSA) is 58.4 Å². The van der Waals surface area contributed by atoms with Gasteiger partial charge in [0.25, 0.3) is 0 Å². The normalized spacial score (nSPS) is 19.8. The molecule has 0 radical (unpaired) electrons. The average Bonchev–Trinajstić information content (AvgIpc) is 2.64. The van der Waals surface area contributed by atoms with Crippen LogP contribution in [-0.2, 0) is 4.79 Å². The molecule has 4 nitrogen and oxygen atoms in total. The lowest BCUT2D eigenvalue weighted by Crippen LogP contribution is -2.43. The van der Waals surface area contributed by atoms with Crippen molar-refractivity contribution in [1.82, 2.24) is 10.2 Å². The molecular weight excluding hydrogens is 178 g/mol. The Bertz CT molecular complexity index is 178. The summed E-state index contributed by atoms with van der Waals surface area (Å²) in [4.78, 5) is 13.4. The smallest absolute Gasteiger partial charge is 0.234 e. The average molecular weight is 199 g/mol. The van der Waals surface area contributed by atoms with Crippen LogP contribution in [0.1, 0.15) is 26.2 Å². The van der Waals surface area contributed by atoms with Crippen LogP contribution < -0.4 is 11.1 Å². The van der Waals surface area contributed by atoms with Gasteiger partial charge in [-0.15, -0.1) is 0 Å². The first-order valence-corrected chi connectivity index (χ1v) is 5.49. The molecule has 82 valence electrons. The van der Waals surface area contributed by atoms with Crippen LogP contribution in [0.25, 0.3) is 0 Å². The monoisotopic (exact) mass is 199 g/mol. The molecule has 1 unspecified atom stereocenters. The van der Waals surface area contributed by atoms with E-state index in [1.165, 1.54) is 25.9 Å². The number of nitrogens with two attached hydrogens (primary N) is 1. The second-order valence-corrected chi connectivity index (χ2v) is 3.85. The summed E-state index contributed by atoms with van der Waals surface area (Å²) in [5, 5.41) is 3.10. The van der Waals surface area contributed by atoms with E-state index in [2.05, 4.69) is 10.2 Å². The van der Waals surface area contributed by atoms with E-state index in [0.717, 1.165) is 19.5 Å². The summed E-state index contributed by atoms with van der Waals surface area (Å²) in [6, 6.07) is -0.152. The quantitative estimate of drug-likeness (QED) is 0.630. The van der Waals surface area contributed by atoms with Gasteiger partial charge in [0.05, 0.1) is 6.04 Å². The fraction of sp³-hybridized carbons (Fsp3) is 0.900. The molecule has 1 saturated heterocycles. The molecule has 0 bridgehead atoms. The van der Waals surface area contributed by atoms with Gasteiger partial charge < -0.3 is 16.0 Å². The molecule has 1 aliphatic rings. The zero-order chi connectivity index (χ0) is 10.4. The largest absolute Gasteiger partial charge is 0.368 e. The van der Waals surface area contributed by atoms with Gasteiger partial charge in [0, 0.05) is 6.54 Å². The van der Waals surface area contributed by atoms with Crippen molar-refractivity contribution < 1.29 is 4.79 Å². The molecule has 4 heteroatoms. The molecule has 1 fully saturated rings. The molecule has 0 aliphatic carbocycles. The fourth-order valence-corrected chi connectivity index (χ4v) is 1.91. The second-order valence-electron chi connectivity index (χ2n) is 3.85. The highest BCUT2D eigenvalue weighted by Gasteiger charge is 2.17. The molecule has 1 aliphatic heterocycles. The summed E-state index contributed by atoms with van der Waals surface area (Å²) in [6.07, 6.45) is 3.42. The molecule has 1 rings (SSSR count). The third-order valence-corrected chi connectivity index (χ3v) is 2.73. The van der Waals surface area contributed by atoms with Gasteiger partial charge in [-0.2, -0.15) is 0 Å². The fourth-order valence-electron chi connectivity index (χ4n) is 1.91. The number of carbonyl (C=O) groups is 1. The lowest BCUT2D eigenvalue weighted by Gasteiger charge is -2.19. The Hall–Kier alpha value is -0.610. The number of rotatable bonds is 6. The summed E-state index contributed by atoms with van der Waals surface area (Å²) >= 11 is 0. The van der Waals surface area contributed by atoms with Crippen molar-refractivity contribution in [2.24, 2.45) is 5.73 Å². The SMILES string of the molecule is CCNC(CCN1CCCC1)C(N)=O. The highest BCUT2D eigenvalue weighted by atomic mass is 16.1. The van der Waals surface area contributed by atoms with Crippen molar-refractivity contribution in [3.8, 4) is 0 Å². The Morgan fingerprint density at radius 3 is 2.64 bits per heavy atom. The maximum absolute atomic E-state index is 11.0. The zero-order valence-corrected chi connectivity index (χ0v) is 8.96. The molecule has 0 aromatic heterocycles. The maximum atomic E-state index is 11.0. The number of likely N-dealkylation sites (N-methyl/N-ethyl adjacent to an activating group) is 1. The molecule has 0 aromatic carbocycles. The molecule has 0 saturated carbocycles. The van der Waals surface area contributed by atoms with Gasteiger partial charge in [0.2, 0.25) is 5.91 Å². The van der Waals surface area contributed by atoms with Crippen LogP contribution in [0.3, 0.4) is 0 Å². The van der Waals surface area contributed by atoms with Gasteiger partial charge in [-0.25, -0.2) is 0 Å². The van der Waals surface area contributed by atoms with E-state index in [1.54, 1.807) is 0 Å². The molecule has 3 N–H and O–H groups in total. The summed E-state index contributed by atoms with van der Waals surface area (Å²) < 4.78 is 0. The van der Waals surface area contributed by atoms with Gasteiger partial charge in [-0.05, 0) is 38.9 Å². The molecule has 0 aromatic rings. The number of primary amides is 1. The zero-order valence-electron chi connectivity index (χ0n) is 8.96. The highest BCUT2D eigenvalue weighted by molar-refractivity contribution is 5.79. The predicted octanol–water partition coefficient (Wildman–Crippen LogP) is -0.0643. The molecule has 1 heterocycles. The van der Waals surface area contributed by atoms with Crippen molar-refractivity contribution >= 4 is 5.91 Å². The third-order valence-electron chi connectivity index (χ3n) is 2.73. The summed E-state index contributed by atoms with van der Waals surface area (Å²) in [6.45, 7) is 6.13. The van der Waals surface area contributed by atoms with E-state index in [0.29, 0.717) is 0 Å². The Morgan fingerprint density at radius 1 is 1.50 bits per heavy atom. The Labute approximate surface area is 85.8 Å². The Balaban J connectivity index is 2.21. The van der Waals surface area contributed by atoms with E-state index in [1.807, 2.05) is 6.92 Å². The van der Waals surface area contributed by atoms with Gasteiger partial charge >= 0.3 is 0 Å². The number of nitrogens with zero attached hydrogens (tertiary/aromatic N) is 1. The van der Waals surface area contributed by atoms with Crippen molar-refractivity contribution in [1.29, 1.82) is 0 Å². The minimum absolute atomic E-state index is 0.152. The van der Waals surface area contributed by atoms with Crippen molar-refractivity contribution in [3.63, 3.8) is 0 Å². The van der Waals surface area contributed by atoms with Crippen molar-refractivity contribution in [2.45, 2.75) is 32.2 Å². The van der Waals surface area contributed by atoms with Crippen LogP contribution in [-0.4, -0.2) is 43.0 Å². The lowest BCUT2D eigenvalue weighted by atomic mass is 10.2. The van der Waals surface area contributed by atoms with E-state index >= 15 is 0 Å². The molecule has 0 spiro atoms. The van der Waals surface area contributed by atoms with Crippen LogP contribution in [0.15, 0.2) is 0 Å². The van der Waals surface area contributed by atoms with Crippen LogP contribution in [0.4, 0.5) is 0 Å². The predicted molar refractivity (Wildman–Crippen MR) is 57.0 cm³/mol. The van der Waals surface area contributed by atoms with Crippen LogP contribution in [0.2, 0.25) is 0 Å². The number of hydrogen-bond donors (Lipinski definition) is 2. The summed E-state index contributed by atoms with van der Waals surface area (Å²) in [7, 11) is 0. The standard InChI is InChI=1S/C10H21N3O/c1-2-12-9(10(11)14)5-8-13-6-3-4-7-13/h9,12H,2-8H2,1H3,(H2,11,14). The summed E-state index contributed by atoms with van der Waals surface area (Å²) in [5.41, 5.74) is 5.29. The molecule has 14 heavy (non-hydrogen) atoms. The Kier molecular flexibility index (Phi) is 4.90. The van der Waals surface area contributed by atoms with Crippen LogP contribution >= 0.6 is 0 Å². The maximum Gasteiger partial charge on any atom is 0.234 e. The molecular formula is C10H21N3O. The summed E-state index contributed by atoms with van der Waals surface area (Å²) in [5.74, 6) is -0.231. The van der Waals surface area contributed by atoms with Crippen LogP contribution in [0.5, 0.6) is 0 Å². The lowest BCUT2D eigenvalue weighted by molar-refractivity contribution is -0.120. The first-order valence-electron chi connectivity index (χ1n) is 5.49. The molecule has 1 amide bonds. The van der Waals surface area contributed by atoms with Crippen LogP contribution in [0, 0.1) is 0 Å².